The van der Waals surface area contributed by atoms with Gasteiger partial charge in [-0.15, -0.1) is 9.36 Å². The van der Waals surface area contributed by atoms with Crippen molar-refractivity contribution in [3.05, 3.63) is 66.7 Å². The number of carboxylic acid groups (broad SMARTS) is 1. The van der Waals surface area contributed by atoms with Crippen LogP contribution >= 0.6 is 0 Å². The monoisotopic (exact) mass is 293 g/mol. The van der Waals surface area contributed by atoms with Gasteiger partial charge in [0.1, 0.15) is 5.69 Å². The Morgan fingerprint density at radius 2 is 1.55 bits per heavy atom. The molecule has 0 spiro atoms. The molecule has 0 saturated heterocycles. The standard InChI is InChI=1S/C18H16N2O2/c1-19-16(14-8-4-2-5-9-14)12-17(20(19)13-18(21)22)15-10-6-3-7-11-15/h2-12H,13H2,1H3/p+1. The van der Waals surface area contributed by atoms with Crippen molar-refractivity contribution in [2.24, 2.45) is 7.05 Å². The molecule has 0 amide bonds. The summed E-state index contributed by atoms with van der Waals surface area (Å²) in [6, 6.07) is 21.8. The second-order valence-electron chi connectivity index (χ2n) is 5.12. The number of benzene rings is 2. The van der Waals surface area contributed by atoms with Crippen molar-refractivity contribution in [2.45, 2.75) is 6.54 Å². The van der Waals surface area contributed by atoms with E-state index >= 15 is 0 Å². The highest BCUT2D eigenvalue weighted by molar-refractivity contribution is 5.70. The normalized spacial score (nSPS) is 10.6. The first-order chi connectivity index (χ1) is 10.7. The van der Waals surface area contributed by atoms with Crippen LogP contribution in [0.1, 0.15) is 0 Å². The molecule has 0 saturated carbocycles. The lowest BCUT2D eigenvalue weighted by Gasteiger charge is -2.03. The van der Waals surface area contributed by atoms with Crippen LogP contribution in [0.2, 0.25) is 0 Å². The molecule has 1 heterocycles. The van der Waals surface area contributed by atoms with E-state index in [-0.39, 0.29) is 6.54 Å². The van der Waals surface area contributed by atoms with Gasteiger partial charge >= 0.3 is 5.97 Å². The van der Waals surface area contributed by atoms with Crippen molar-refractivity contribution in [1.29, 1.82) is 0 Å². The molecule has 4 nitrogen and oxygen atoms in total. The molecule has 2 aromatic carbocycles. The molecule has 22 heavy (non-hydrogen) atoms. The van der Waals surface area contributed by atoms with Crippen LogP contribution in [0, 0.1) is 0 Å². The Hall–Kier alpha value is -2.88. The summed E-state index contributed by atoms with van der Waals surface area (Å²) >= 11 is 0. The summed E-state index contributed by atoms with van der Waals surface area (Å²) in [4.78, 5) is 11.2. The van der Waals surface area contributed by atoms with E-state index < -0.39 is 5.97 Å². The van der Waals surface area contributed by atoms with Gasteiger partial charge in [-0.05, 0) is 12.1 Å². The lowest BCUT2D eigenvalue weighted by atomic mass is 10.1. The Balaban J connectivity index is 2.19. The van der Waals surface area contributed by atoms with Crippen LogP contribution in [0.5, 0.6) is 0 Å². The van der Waals surface area contributed by atoms with Crippen molar-refractivity contribution in [1.82, 2.24) is 4.68 Å². The van der Waals surface area contributed by atoms with Gasteiger partial charge in [0, 0.05) is 17.2 Å². The summed E-state index contributed by atoms with van der Waals surface area (Å²) in [6.07, 6.45) is 0. The molecule has 4 heteroatoms. The molecule has 0 fully saturated rings. The molecule has 1 aromatic heterocycles. The summed E-state index contributed by atoms with van der Waals surface area (Å²) in [6.45, 7) is -0.0758. The predicted octanol–water partition coefficient (Wildman–Crippen LogP) is 2.73. The van der Waals surface area contributed by atoms with Crippen molar-refractivity contribution < 1.29 is 14.6 Å². The molecular formula is C18H17N2O2+. The fourth-order valence-electron chi connectivity index (χ4n) is 2.63. The molecule has 110 valence electrons. The maximum atomic E-state index is 11.2. The number of rotatable bonds is 4. The first-order valence-corrected chi connectivity index (χ1v) is 7.09. The lowest BCUT2D eigenvalue weighted by Crippen LogP contribution is -2.42. The van der Waals surface area contributed by atoms with Crippen LogP contribution in [0.15, 0.2) is 66.7 Å². The minimum atomic E-state index is -0.858. The Bertz CT molecular complexity index is 793. The average Bonchev–Trinajstić information content (AvgIpc) is 2.86. The highest BCUT2D eigenvalue weighted by atomic mass is 16.4. The molecule has 1 N–H and O–H groups in total. The maximum absolute atomic E-state index is 11.2. The largest absolute Gasteiger partial charge is 0.480 e. The number of nitrogens with zero attached hydrogens (tertiary/aromatic N) is 2. The Morgan fingerprint density at radius 3 is 2.09 bits per heavy atom. The van der Waals surface area contributed by atoms with Crippen molar-refractivity contribution in [3.63, 3.8) is 0 Å². The van der Waals surface area contributed by atoms with Gasteiger partial charge in [0.2, 0.25) is 5.69 Å². The fraction of sp³-hybridized carbons (Fsp3) is 0.111. The van der Waals surface area contributed by atoms with E-state index in [2.05, 4.69) is 0 Å². The third-order valence-corrected chi connectivity index (χ3v) is 3.69. The van der Waals surface area contributed by atoms with Gasteiger partial charge in [0.15, 0.2) is 13.6 Å². The first kappa shape index (κ1) is 14.1. The Morgan fingerprint density at radius 1 is 1.00 bits per heavy atom. The fourth-order valence-corrected chi connectivity index (χ4v) is 2.63. The highest BCUT2D eigenvalue weighted by Gasteiger charge is 2.23. The molecule has 0 radical (unpaired) electrons. The van der Waals surface area contributed by atoms with Crippen molar-refractivity contribution in [3.8, 4) is 22.5 Å². The third-order valence-electron chi connectivity index (χ3n) is 3.69. The summed E-state index contributed by atoms with van der Waals surface area (Å²) in [7, 11) is 1.89. The first-order valence-electron chi connectivity index (χ1n) is 7.09. The van der Waals surface area contributed by atoms with Gasteiger partial charge < -0.3 is 5.11 Å². The van der Waals surface area contributed by atoms with E-state index in [0.29, 0.717) is 0 Å². The molecule has 0 aliphatic heterocycles. The number of carboxylic acids is 1. The summed E-state index contributed by atoms with van der Waals surface area (Å²) in [5, 5.41) is 9.21. The lowest BCUT2D eigenvalue weighted by molar-refractivity contribution is -0.741. The maximum Gasteiger partial charge on any atom is 0.329 e. The van der Waals surface area contributed by atoms with E-state index in [1.807, 2.05) is 78.5 Å². The van der Waals surface area contributed by atoms with Crippen LogP contribution in [0.4, 0.5) is 0 Å². The third kappa shape index (κ3) is 2.63. The molecule has 3 rings (SSSR count). The number of carbonyl (C=O) groups is 1. The van der Waals surface area contributed by atoms with Gasteiger partial charge in [-0.3, -0.25) is 4.79 Å². The van der Waals surface area contributed by atoms with Crippen LogP contribution in [-0.2, 0) is 18.4 Å². The molecule has 0 aliphatic rings. The van der Waals surface area contributed by atoms with Gasteiger partial charge in [-0.1, -0.05) is 48.5 Å². The van der Waals surface area contributed by atoms with Crippen LogP contribution < -0.4 is 4.68 Å². The van der Waals surface area contributed by atoms with Crippen LogP contribution in [0.25, 0.3) is 22.5 Å². The van der Waals surface area contributed by atoms with Crippen molar-refractivity contribution in [2.75, 3.05) is 0 Å². The van der Waals surface area contributed by atoms with Crippen LogP contribution in [0.3, 0.4) is 0 Å². The van der Waals surface area contributed by atoms with Gasteiger partial charge in [0.05, 0.1) is 0 Å². The van der Waals surface area contributed by atoms with E-state index in [1.165, 1.54) is 0 Å². The van der Waals surface area contributed by atoms with Gasteiger partial charge in [0.25, 0.3) is 0 Å². The smallest absolute Gasteiger partial charge is 0.329 e. The predicted molar refractivity (Wildman–Crippen MR) is 84.1 cm³/mol. The van der Waals surface area contributed by atoms with Gasteiger partial charge in [-0.2, -0.15) is 0 Å². The zero-order chi connectivity index (χ0) is 15.5. The summed E-state index contributed by atoms with van der Waals surface area (Å²) in [5.41, 5.74) is 3.94. The van der Waals surface area contributed by atoms with E-state index in [4.69, 9.17) is 0 Å². The molecule has 0 unspecified atom stereocenters. The van der Waals surface area contributed by atoms with Crippen LogP contribution in [-0.4, -0.2) is 15.8 Å². The number of aromatic nitrogens is 2. The molecule has 0 bridgehead atoms. The molecule has 0 aliphatic carbocycles. The SMILES string of the molecule is C[n+]1c(-c2ccccc2)cc(-c2ccccc2)n1CC(=O)O. The minimum Gasteiger partial charge on any atom is -0.480 e. The number of aliphatic carboxylic acids is 1. The topological polar surface area (TPSA) is 46.1 Å². The summed E-state index contributed by atoms with van der Waals surface area (Å²) in [5.74, 6) is -0.858. The molecule has 0 atom stereocenters. The highest BCUT2D eigenvalue weighted by Crippen LogP contribution is 2.24. The summed E-state index contributed by atoms with van der Waals surface area (Å²) < 4.78 is 3.67. The van der Waals surface area contributed by atoms with E-state index in [1.54, 1.807) is 4.68 Å². The Kier molecular flexibility index (Phi) is 3.74. The molecular weight excluding hydrogens is 276 g/mol. The van der Waals surface area contributed by atoms with E-state index in [0.717, 1.165) is 22.5 Å². The quantitative estimate of drug-likeness (QED) is 0.752. The zero-order valence-electron chi connectivity index (χ0n) is 12.3. The Labute approximate surface area is 128 Å². The van der Waals surface area contributed by atoms with E-state index in [9.17, 15) is 9.90 Å². The second kappa shape index (κ2) is 5.85. The average molecular weight is 293 g/mol. The van der Waals surface area contributed by atoms with Crippen molar-refractivity contribution >= 4 is 5.97 Å². The zero-order valence-corrected chi connectivity index (χ0v) is 12.3. The number of hydrogen-bond acceptors (Lipinski definition) is 1. The minimum absolute atomic E-state index is 0.0758. The van der Waals surface area contributed by atoms with Gasteiger partial charge in [-0.25, -0.2) is 0 Å². The number of hydrogen-bond donors (Lipinski definition) is 1. The second-order valence-corrected chi connectivity index (χ2v) is 5.12. The molecule has 3 aromatic rings.